The fraction of sp³-hybridized carbons (Fsp3) is 0.417. The molecule has 112 valence electrons. The number of nitrogens with zero attached hydrogens (tertiary/aromatic N) is 1. The average molecular weight is 320 g/mol. The summed E-state index contributed by atoms with van der Waals surface area (Å²) >= 11 is 0. The van der Waals surface area contributed by atoms with Crippen molar-refractivity contribution in [2.45, 2.75) is 6.42 Å². The predicted molar refractivity (Wildman–Crippen MR) is 80.4 cm³/mol. The zero-order valence-electron chi connectivity index (χ0n) is 10.9. The normalized spacial score (nSPS) is 17.4. The minimum absolute atomic E-state index is 0. The van der Waals surface area contributed by atoms with Gasteiger partial charge in [-0.05, 0) is 18.6 Å². The molecule has 1 aliphatic rings. The topological polar surface area (TPSA) is 92.5 Å². The smallest absolute Gasteiger partial charge is 0.253 e. The molecule has 0 unspecified atom stereocenters. The quantitative estimate of drug-likeness (QED) is 0.788. The van der Waals surface area contributed by atoms with E-state index in [4.69, 9.17) is 5.73 Å². The van der Waals surface area contributed by atoms with Gasteiger partial charge in [-0.15, -0.1) is 12.4 Å². The third kappa shape index (κ3) is 3.84. The molecule has 0 aromatic heterocycles. The highest BCUT2D eigenvalue weighted by Gasteiger charge is 2.27. The Morgan fingerprint density at radius 1 is 1.35 bits per heavy atom. The first-order chi connectivity index (χ1) is 9.00. The maximum absolute atomic E-state index is 11.8. The van der Waals surface area contributed by atoms with Crippen LogP contribution < -0.4 is 11.1 Å². The van der Waals surface area contributed by atoms with Crippen molar-refractivity contribution >= 4 is 34.0 Å². The van der Waals surface area contributed by atoms with Gasteiger partial charge >= 0.3 is 0 Å². The Bertz CT molecular complexity index is 577. The molecule has 0 radical (unpaired) electrons. The third-order valence-electron chi connectivity index (χ3n) is 3.06. The Morgan fingerprint density at radius 3 is 2.65 bits per heavy atom. The molecule has 20 heavy (non-hydrogen) atoms. The van der Waals surface area contributed by atoms with Gasteiger partial charge < -0.3 is 11.1 Å². The van der Waals surface area contributed by atoms with E-state index in [9.17, 15) is 13.2 Å². The van der Waals surface area contributed by atoms with Gasteiger partial charge in [-0.1, -0.05) is 12.1 Å². The number of carbonyl (C=O) groups excluding carboxylic acids is 1. The SMILES string of the molecule is Cl.Nc1ccccc1C(=O)NCCN1CCCS1(=O)=O. The number of para-hydroxylation sites is 1. The van der Waals surface area contributed by atoms with Crippen molar-refractivity contribution in [3.05, 3.63) is 29.8 Å². The third-order valence-corrected chi connectivity index (χ3v) is 5.01. The zero-order valence-corrected chi connectivity index (χ0v) is 12.5. The lowest BCUT2D eigenvalue weighted by atomic mass is 10.2. The van der Waals surface area contributed by atoms with E-state index in [0.29, 0.717) is 30.8 Å². The molecule has 0 bridgehead atoms. The molecule has 6 nitrogen and oxygen atoms in total. The highest BCUT2D eigenvalue weighted by atomic mass is 35.5. The highest BCUT2D eigenvalue weighted by Crippen LogP contribution is 2.12. The summed E-state index contributed by atoms with van der Waals surface area (Å²) in [5.41, 5.74) is 6.51. The highest BCUT2D eigenvalue weighted by molar-refractivity contribution is 7.89. The number of hydrogen-bond acceptors (Lipinski definition) is 4. The van der Waals surface area contributed by atoms with Gasteiger partial charge in [-0.3, -0.25) is 4.79 Å². The van der Waals surface area contributed by atoms with E-state index in [1.165, 1.54) is 4.31 Å². The van der Waals surface area contributed by atoms with Gasteiger partial charge in [0.25, 0.3) is 5.91 Å². The molecule has 0 atom stereocenters. The molecule has 1 saturated heterocycles. The fourth-order valence-electron chi connectivity index (χ4n) is 2.04. The van der Waals surface area contributed by atoms with Crippen LogP contribution in [0.5, 0.6) is 0 Å². The van der Waals surface area contributed by atoms with Gasteiger partial charge in [0.15, 0.2) is 0 Å². The van der Waals surface area contributed by atoms with E-state index < -0.39 is 10.0 Å². The Balaban J connectivity index is 0.00000200. The number of nitrogen functional groups attached to an aromatic ring is 1. The number of rotatable bonds is 4. The van der Waals surface area contributed by atoms with Crippen molar-refractivity contribution in [1.29, 1.82) is 0 Å². The number of carbonyl (C=O) groups is 1. The first-order valence-corrected chi connectivity index (χ1v) is 7.72. The van der Waals surface area contributed by atoms with E-state index >= 15 is 0 Å². The molecule has 8 heteroatoms. The molecule has 1 aliphatic heterocycles. The number of nitrogens with two attached hydrogens (primary N) is 1. The molecule has 0 aliphatic carbocycles. The number of sulfonamides is 1. The molecule has 3 N–H and O–H groups in total. The number of anilines is 1. The predicted octanol–water partition coefficient (Wildman–Crippen LogP) is 0.456. The molecule has 0 saturated carbocycles. The van der Waals surface area contributed by atoms with E-state index in [-0.39, 0.29) is 30.6 Å². The van der Waals surface area contributed by atoms with E-state index in [1.807, 2.05) is 0 Å². The van der Waals surface area contributed by atoms with Crippen LogP contribution in [0.1, 0.15) is 16.8 Å². The van der Waals surface area contributed by atoms with Crippen LogP contribution in [0.3, 0.4) is 0 Å². The summed E-state index contributed by atoms with van der Waals surface area (Å²) in [6, 6.07) is 6.77. The van der Waals surface area contributed by atoms with Gasteiger partial charge in [0.2, 0.25) is 10.0 Å². The Labute approximate surface area is 124 Å². The first kappa shape index (κ1) is 16.7. The van der Waals surface area contributed by atoms with E-state index in [0.717, 1.165) is 0 Å². The summed E-state index contributed by atoms with van der Waals surface area (Å²) in [5.74, 6) is -0.0817. The summed E-state index contributed by atoms with van der Waals surface area (Å²) in [6.07, 6.45) is 0.655. The average Bonchev–Trinajstić information content (AvgIpc) is 2.69. The van der Waals surface area contributed by atoms with Gasteiger partial charge in [0.1, 0.15) is 0 Å². The van der Waals surface area contributed by atoms with Crippen LogP contribution >= 0.6 is 12.4 Å². The zero-order chi connectivity index (χ0) is 13.9. The molecule has 2 rings (SSSR count). The fourth-order valence-corrected chi connectivity index (χ4v) is 3.56. The molecule has 1 aromatic rings. The number of nitrogens with one attached hydrogen (secondary N) is 1. The van der Waals surface area contributed by atoms with Crippen LogP contribution in [0, 0.1) is 0 Å². The summed E-state index contributed by atoms with van der Waals surface area (Å²) in [7, 11) is -3.10. The minimum atomic E-state index is -3.10. The van der Waals surface area contributed by atoms with Crippen molar-refractivity contribution in [3.63, 3.8) is 0 Å². The molecule has 1 aromatic carbocycles. The van der Waals surface area contributed by atoms with Crippen molar-refractivity contribution in [2.24, 2.45) is 0 Å². The van der Waals surface area contributed by atoms with Gasteiger partial charge in [0.05, 0.1) is 11.3 Å². The standard InChI is InChI=1S/C12H17N3O3S.ClH/c13-11-5-2-1-4-10(11)12(16)14-6-8-15-7-3-9-19(15,17)18;/h1-2,4-5H,3,6-9,13H2,(H,14,16);1H. The summed E-state index contributed by atoms with van der Waals surface area (Å²) in [4.78, 5) is 11.8. The number of halogens is 1. The summed E-state index contributed by atoms with van der Waals surface area (Å²) in [5, 5.41) is 2.68. The van der Waals surface area contributed by atoms with Crippen molar-refractivity contribution < 1.29 is 13.2 Å². The van der Waals surface area contributed by atoms with Crippen LogP contribution in [0.15, 0.2) is 24.3 Å². The molecular weight excluding hydrogens is 302 g/mol. The van der Waals surface area contributed by atoms with Crippen molar-refractivity contribution in [2.75, 3.05) is 31.1 Å². The van der Waals surface area contributed by atoms with Crippen LogP contribution in [-0.2, 0) is 10.0 Å². The monoisotopic (exact) mass is 319 g/mol. The summed E-state index contributed by atoms with van der Waals surface area (Å²) < 4.78 is 24.5. The lowest BCUT2D eigenvalue weighted by Crippen LogP contribution is -2.36. The first-order valence-electron chi connectivity index (χ1n) is 6.11. The van der Waals surface area contributed by atoms with Crippen LogP contribution in [0.2, 0.25) is 0 Å². The lowest BCUT2D eigenvalue weighted by molar-refractivity contribution is 0.0952. The Kier molecular flexibility index (Phi) is 5.79. The second-order valence-electron chi connectivity index (χ2n) is 4.41. The molecular formula is C12H18ClN3O3S. The maximum atomic E-state index is 11.8. The largest absolute Gasteiger partial charge is 0.398 e. The number of hydrogen-bond donors (Lipinski definition) is 2. The molecule has 1 fully saturated rings. The molecule has 1 heterocycles. The second-order valence-corrected chi connectivity index (χ2v) is 6.50. The van der Waals surface area contributed by atoms with Gasteiger partial charge in [-0.2, -0.15) is 0 Å². The maximum Gasteiger partial charge on any atom is 0.253 e. The Hall–Kier alpha value is -1.31. The molecule has 1 amide bonds. The summed E-state index contributed by atoms with van der Waals surface area (Å²) in [6.45, 7) is 1.12. The number of amides is 1. The van der Waals surface area contributed by atoms with Crippen LogP contribution in [0.4, 0.5) is 5.69 Å². The lowest BCUT2D eigenvalue weighted by Gasteiger charge is -2.14. The van der Waals surface area contributed by atoms with Crippen molar-refractivity contribution in [1.82, 2.24) is 9.62 Å². The van der Waals surface area contributed by atoms with Crippen LogP contribution in [0.25, 0.3) is 0 Å². The second kappa shape index (κ2) is 6.92. The Morgan fingerprint density at radius 2 is 2.05 bits per heavy atom. The van der Waals surface area contributed by atoms with Crippen molar-refractivity contribution in [3.8, 4) is 0 Å². The van der Waals surface area contributed by atoms with Gasteiger partial charge in [-0.25, -0.2) is 12.7 Å². The van der Waals surface area contributed by atoms with E-state index in [1.54, 1.807) is 24.3 Å². The van der Waals surface area contributed by atoms with Gasteiger partial charge in [0, 0.05) is 25.3 Å². The van der Waals surface area contributed by atoms with Crippen LogP contribution in [-0.4, -0.2) is 44.0 Å². The number of benzene rings is 1. The van der Waals surface area contributed by atoms with E-state index in [2.05, 4.69) is 5.32 Å². The minimum Gasteiger partial charge on any atom is -0.398 e. The molecule has 0 spiro atoms.